The highest BCUT2D eigenvalue weighted by molar-refractivity contribution is 7.91. The van der Waals surface area contributed by atoms with E-state index in [-0.39, 0.29) is 30.0 Å². The molecule has 0 aromatic rings. The minimum atomic E-state index is -3.02. The van der Waals surface area contributed by atoms with Gasteiger partial charge in [-0.2, -0.15) is 0 Å². The van der Waals surface area contributed by atoms with Gasteiger partial charge in [-0.15, -0.1) is 0 Å². The lowest BCUT2D eigenvalue weighted by Crippen LogP contribution is -2.44. The van der Waals surface area contributed by atoms with Gasteiger partial charge < -0.3 is 10.4 Å². The average molecular weight is 264 g/mol. The van der Waals surface area contributed by atoms with Crippen molar-refractivity contribution in [1.29, 1.82) is 0 Å². The van der Waals surface area contributed by atoms with Crippen molar-refractivity contribution < 1.29 is 23.1 Å². The third-order valence-electron chi connectivity index (χ3n) is 2.54. The molecule has 1 amide bonds. The Hall–Kier alpha value is -1.15. The molecule has 3 N–H and O–H groups in total. The van der Waals surface area contributed by atoms with E-state index < -0.39 is 21.8 Å². The van der Waals surface area contributed by atoms with Crippen LogP contribution in [-0.2, 0) is 19.4 Å². The Morgan fingerprint density at radius 1 is 1.47 bits per heavy atom. The zero-order chi connectivity index (χ0) is 13.1. The molecule has 1 saturated heterocycles. The van der Waals surface area contributed by atoms with Crippen molar-refractivity contribution in [1.82, 2.24) is 10.6 Å². The van der Waals surface area contributed by atoms with Crippen LogP contribution in [0.5, 0.6) is 0 Å². The fourth-order valence-electron chi connectivity index (χ4n) is 1.52. The Morgan fingerprint density at radius 2 is 2.12 bits per heavy atom. The van der Waals surface area contributed by atoms with Crippen molar-refractivity contribution in [3.05, 3.63) is 0 Å². The molecule has 0 bridgehead atoms. The summed E-state index contributed by atoms with van der Waals surface area (Å²) in [6, 6.07) is -1.16. The molecule has 0 aliphatic carbocycles. The standard InChI is InChI=1S/C9H16N2O5S/c1-6(9(13)14)10-4-8(12)11-7-2-3-17(15,16)5-7/h6-7,10H,2-5H2,1H3,(H,11,12)(H,13,14). The maximum absolute atomic E-state index is 11.4. The lowest BCUT2D eigenvalue weighted by atomic mass is 10.2. The van der Waals surface area contributed by atoms with Gasteiger partial charge >= 0.3 is 5.97 Å². The van der Waals surface area contributed by atoms with Gasteiger partial charge in [-0.3, -0.25) is 14.9 Å². The topological polar surface area (TPSA) is 113 Å². The summed E-state index contributed by atoms with van der Waals surface area (Å²) in [5.74, 6) is -1.37. The predicted octanol–water partition coefficient (Wildman–Crippen LogP) is -1.65. The lowest BCUT2D eigenvalue weighted by Gasteiger charge is -2.12. The van der Waals surface area contributed by atoms with Crippen LogP contribution in [0.25, 0.3) is 0 Å². The summed E-state index contributed by atoms with van der Waals surface area (Å²) in [4.78, 5) is 21.8. The summed E-state index contributed by atoms with van der Waals surface area (Å²) in [6.45, 7) is 1.29. The fraction of sp³-hybridized carbons (Fsp3) is 0.778. The predicted molar refractivity (Wildman–Crippen MR) is 60.3 cm³/mol. The summed E-state index contributed by atoms with van der Waals surface area (Å²) >= 11 is 0. The summed E-state index contributed by atoms with van der Waals surface area (Å²) in [5, 5.41) is 13.6. The Balaban J connectivity index is 2.29. The second kappa shape index (κ2) is 5.46. The number of carbonyl (C=O) groups is 2. The first kappa shape index (κ1) is 13.9. The smallest absolute Gasteiger partial charge is 0.320 e. The zero-order valence-corrected chi connectivity index (χ0v) is 10.3. The largest absolute Gasteiger partial charge is 0.480 e. The number of hydrogen-bond acceptors (Lipinski definition) is 5. The average Bonchev–Trinajstić information content (AvgIpc) is 2.54. The fourth-order valence-corrected chi connectivity index (χ4v) is 3.19. The van der Waals surface area contributed by atoms with E-state index in [1.54, 1.807) is 0 Å². The van der Waals surface area contributed by atoms with Crippen molar-refractivity contribution in [2.24, 2.45) is 0 Å². The van der Waals surface area contributed by atoms with Gasteiger partial charge in [0.05, 0.1) is 18.1 Å². The molecule has 1 aliphatic rings. The van der Waals surface area contributed by atoms with Gasteiger partial charge in [-0.25, -0.2) is 8.42 Å². The zero-order valence-electron chi connectivity index (χ0n) is 9.47. The van der Waals surface area contributed by atoms with Crippen LogP contribution in [0, 0.1) is 0 Å². The summed E-state index contributed by atoms with van der Waals surface area (Å²) in [7, 11) is -3.02. The van der Waals surface area contributed by atoms with Crippen LogP contribution in [0.2, 0.25) is 0 Å². The van der Waals surface area contributed by atoms with Crippen molar-refractivity contribution in [2.45, 2.75) is 25.4 Å². The molecule has 1 aliphatic heterocycles. The van der Waals surface area contributed by atoms with Gasteiger partial charge in [0.2, 0.25) is 5.91 Å². The molecule has 1 fully saturated rings. The van der Waals surface area contributed by atoms with E-state index in [0.29, 0.717) is 6.42 Å². The minimum Gasteiger partial charge on any atom is -0.480 e. The maximum Gasteiger partial charge on any atom is 0.320 e. The summed E-state index contributed by atoms with van der Waals surface area (Å²) in [6.07, 6.45) is 0.419. The van der Waals surface area contributed by atoms with Gasteiger partial charge in [-0.05, 0) is 13.3 Å². The summed E-state index contributed by atoms with van der Waals surface area (Å²) < 4.78 is 22.3. The monoisotopic (exact) mass is 264 g/mol. The third kappa shape index (κ3) is 4.70. The molecule has 0 aromatic heterocycles. The molecule has 98 valence electrons. The first-order valence-corrected chi connectivity index (χ1v) is 7.08. The second-order valence-corrected chi connectivity index (χ2v) is 6.34. The van der Waals surface area contributed by atoms with Crippen LogP contribution in [0.4, 0.5) is 0 Å². The van der Waals surface area contributed by atoms with Crippen LogP contribution in [0.1, 0.15) is 13.3 Å². The molecule has 0 aromatic carbocycles. The Bertz CT molecular complexity index is 406. The molecule has 2 unspecified atom stereocenters. The molecule has 2 atom stereocenters. The highest BCUT2D eigenvalue weighted by Gasteiger charge is 2.28. The second-order valence-electron chi connectivity index (χ2n) is 4.11. The normalized spacial score (nSPS) is 24.2. The highest BCUT2D eigenvalue weighted by atomic mass is 32.2. The molecule has 1 heterocycles. The number of amides is 1. The van der Waals surface area contributed by atoms with Crippen molar-refractivity contribution in [2.75, 3.05) is 18.1 Å². The van der Waals surface area contributed by atoms with E-state index in [1.807, 2.05) is 0 Å². The van der Waals surface area contributed by atoms with Gasteiger partial charge in [0.1, 0.15) is 6.04 Å². The van der Waals surface area contributed by atoms with Crippen molar-refractivity contribution in [3.63, 3.8) is 0 Å². The van der Waals surface area contributed by atoms with E-state index in [1.165, 1.54) is 6.92 Å². The Kier molecular flexibility index (Phi) is 4.47. The number of carbonyl (C=O) groups excluding carboxylic acids is 1. The van der Waals surface area contributed by atoms with Crippen molar-refractivity contribution >= 4 is 21.7 Å². The number of carboxylic acids is 1. The Morgan fingerprint density at radius 3 is 2.59 bits per heavy atom. The van der Waals surface area contributed by atoms with E-state index in [2.05, 4.69) is 10.6 Å². The van der Waals surface area contributed by atoms with Gasteiger partial charge in [-0.1, -0.05) is 0 Å². The molecule has 1 rings (SSSR count). The van der Waals surface area contributed by atoms with E-state index >= 15 is 0 Å². The molecule has 17 heavy (non-hydrogen) atoms. The highest BCUT2D eigenvalue weighted by Crippen LogP contribution is 2.10. The van der Waals surface area contributed by atoms with E-state index in [4.69, 9.17) is 5.11 Å². The van der Waals surface area contributed by atoms with E-state index in [0.717, 1.165) is 0 Å². The minimum absolute atomic E-state index is 0.0345. The van der Waals surface area contributed by atoms with Crippen LogP contribution >= 0.6 is 0 Å². The van der Waals surface area contributed by atoms with Crippen LogP contribution in [-0.4, -0.2) is 55.5 Å². The Labute approximate surface area is 99.5 Å². The number of aliphatic carboxylic acids is 1. The molecule has 8 heteroatoms. The molecule has 0 radical (unpaired) electrons. The molecular formula is C9H16N2O5S. The number of hydrogen-bond donors (Lipinski definition) is 3. The van der Waals surface area contributed by atoms with Gasteiger partial charge in [0, 0.05) is 6.04 Å². The number of rotatable bonds is 5. The van der Waals surface area contributed by atoms with Gasteiger partial charge in [0.25, 0.3) is 0 Å². The molecule has 0 spiro atoms. The van der Waals surface area contributed by atoms with Crippen LogP contribution in [0.15, 0.2) is 0 Å². The number of carboxylic acid groups (broad SMARTS) is 1. The van der Waals surface area contributed by atoms with Crippen LogP contribution < -0.4 is 10.6 Å². The number of nitrogens with one attached hydrogen (secondary N) is 2. The van der Waals surface area contributed by atoms with E-state index in [9.17, 15) is 18.0 Å². The summed E-state index contributed by atoms with van der Waals surface area (Å²) in [5.41, 5.74) is 0. The number of sulfone groups is 1. The first-order valence-electron chi connectivity index (χ1n) is 5.26. The van der Waals surface area contributed by atoms with Gasteiger partial charge in [0.15, 0.2) is 9.84 Å². The molecular weight excluding hydrogens is 248 g/mol. The lowest BCUT2D eigenvalue weighted by molar-refractivity contribution is -0.139. The SMILES string of the molecule is CC(NCC(=O)NC1CCS(=O)(=O)C1)C(=O)O. The van der Waals surface area contributed by atoms with Crippen molar-refractivity contribution in [3.8, 4) is 0 Å². The quantitative estimate of drug-likeness (QED) is 0.548. The first-order chi connectivity index (χ1) is 7.80. The maximum atomic E-state index is 11.4. The molecule has 7 nitrogen and oxygen atoms in total. The molecule has 0 saturated carbocycles. The van der Waals surface area contributed by atoms with Crippen LogP contribution in [0.3, 0.4) is 0 Å². The third-order valence-corrected chi connectivity index (χ3v) is 4.30.